The van der Waals surface area contributed by atoms with Crippen LogP contribution in [0.3, 0.4) is 0 Å². The van der Waals surface area contributed by atoms with Crippen LogP contribution in [-0.4, -0.2) is 24.6 Å². The fourth-order valence-electron chi connectivity index (χ4n) is 4.64. The van der Waals surface area contributed by atoms with E-state index in [-0.39, 0.29) is 16.9 Å². The number of hydrogen-bond donors (Lipinski definition) is 3. The Hall–Kier alpha value is -4.30. The molecule has 1 saturated carbocycles. The Labute approximate surface area is 200 Å². The summed E-state index contributed by atoms with van der Waals surface area (Å²) in [6.45, 7) is 0. The molecule has 1 fully saturated rings. The van der Waals surface area contributed by atoms with Crippen LogP contribution in [0.1, 0.15) is 24.8 Å². The lowest BCUT2D eigenvalue weighted by molar-refractivity contribution is 0.253. The molecule has 35 heavy (non-hydrogen) atoms. The quantitative estimate of drug-likeness (QED) is 0.346. The van der Waals surface area contributed by atoms with Crippen molar-refractivity contribution >= 4 is 17.0 Å². The average Bonchev–Trinajstić information content (AvgIpc) is 3.23. The molecule has 3 aromatic heterocycles. The second-order valence-corrected chi connectivity index (χ2v) is 8.97. The number of nitrogens with zero attached hydrogens (tertiary/aromatic N) is 4. The van der Waals surface area contributed by atoms with Crippen molar-refractivity contribution in [1.29, 1.82) is 0 Å². The van der Waals surface area contributed by atoms with Crippen molar-refractivity contribution in [3.8, 4) is 34.1 Å². The summed E-state index contributed by atoms with van der Waals surface area (Å²) < 4.78 is 16.5. The molecule has 7 nitrogen and oxygen atoms in total. The van der Waals surface area contributed by atoms with Crippen LogP contribution in [0.2, 0.25) is 0 Å². The number of benzene rings is 2. The molecule has 3 heterocycles. The van der Waals surface area contributed by atoms with Crippen molar-refractivity contribution in [1.82, 2.24) is 19.5 Å². The van der Waals surface area contributed by atoms with E-state index >= 15 is 0 Å². The third-order valence-electron chi connectivity index (χ3n) is 6.76. The normalized spacial score (nSPS) is 14.7. The number of anilines is 1. The van der Waals surface area contributed by atoms with Gasteiger partial charge in [-0.15, -0.1) is 0 Å². The van der Waals surface area contributed by atoms with E-state index in [0.717, 1.165) is 30.5 Å². The number of phenolic OH excluding ortho intramolecular Hbond substituents is 1. The predicted molar refractivity (Wildman–Crippen MR) is 133 cm³/mol. The lowest BCUT2D eigenvalue weighted by Crippen LogP contribution is -2.43. The molecule has 0 radical (unpaired) electrons. The van der Waals surface area contributed by atoms with Gasteiger partial charge in [-0.3, -0.25) is 4.57 Å². The molecule has 0 atom stereocenters. The smallest absolute Gasteiger partial charge is 0.165 e. The molecule has 5 N–H and O–H groups in total. The number of aromatic nitrogens is 4. The van der Waals surface area contributed by atoms with Crippen LogP contribution in [0.15, 0.2) is 72.9 Å². The van der Waals surface area contributed by atoms with Crippen LogP contribution >= 0.6 is 0 Å². The summed E-state index contributed by atoms with van der Waals surface area (Å²) in [5, 5.41) is 9.90. The number of halogens is 1. The number of rotatable bonds is 4. The molecule has 2 aromatic carbocycles. The van der Waals surface area contributed by atoms with Crippen LogP contribution in [0.4, 0.5) is 10.2 Å². The number of nitrogen functional groups attached to an aromatic ring is 1. The van der Waals surface area contributed by atoms with Gasteiger partial charge in [0.25, 0.3) is 0 Å². The molecule has 6 rings (SSSR count). The van der Waals surface area contributed by atoms with E-state index in [2.05, 4.69) is 4.98 Å². The second kappa shape index (κ2) is 7.89. The standard InChI is InChI=1S/C27H23FN6O/c28-21-9-8-18(35)15-20(21)22-10-11-23-26(32-22)34(25(33-23)19-3-1-14-31-24(19)29)17-6-4-16(5-7-17)27(30)12-2-13-27/h1,3-11,14-15,35H,2,12-13,30H2,(H2,29,31). The molecule has 0 saturated heterocycles. The molecular formula is C27H23FN6O. The summed E-state index contributed by atoms with van der Waals surface area (Å²) in [5.74, 6) is 0.402. The lowest BCUT2D eigenvalue weighted by atomic mass is 9.73. The lowest BCUT2D eigenvalue weighted by Gasteiger charge is -2.38. The Morgan fingerprint density at radius 1 is 0.943 bits per heavy atom. The van der Waals surface area contributed by atoms with Gasteiger partial charge >= 0.3 is 0 Å². The van der Waals surface area contributed by atoms with Crippen LogP contribution < -0.4 is 11.5 Å². The van der Waals surface area contributed by atoms with Gasteiger partial charge in [-0.1, -0.05) is 12.1 Å². The SMILES string of the molecule is Nc1ncccc1-c1nc2ccc(-c3cc(O)ccc3F)nc2n1-c1ccc(C2(N)CCC2)cc1. The van der Waals surface area contributed by atoms with E-state index in [1.165, 1.54) is 18.2 Å². The summed E-state index contributed by atoms with van der Waals surface area (Å²) in [5.41, 5.74) is 16.8. The van der Waals surface area contributed by atoms with Gasteiger partial charge in [0.05, 0.1) is 11.3 Å². The number of fused-ring (bicyclic) bond motifs is 1. The first kappa shape index (κ1) is 21.2. The number of phenols is 1. The average molecular weight is 467 g/mol. The van der Waals surface area contributed by atoms with Gasteiger partial charge in [0.1, 0.15) is 22.9 Å². The zero-order valence-corrected chi connectivity index (χ0v) is 18.8. The minimum Gasteiger partial charge on any atom is -0.508 e. The maximum absolute atomic E-state index is 14.6. The van der Waals surface area contributed by atoms with Crippen LogP contribution in [0.5, 0.6) is 5.75 Å². The summed E-state index contributed by atoms with van der Waals surface area (Å²) in [7, 11) is 0. The molecule has 0 unspecified atom stereocenters. The predicted octanol–water partition coefficient (Wildman–Crippen LogP) is 4.91. The molecule has 1 aliphatic carbocycles. The highest BCUT2D eigenvalue weighted by atomic mass is 19.1. The summed E-state index contributed by atoms with van der Waals surface area (Å²) in [4.78, 5) is 13.8. The Kier molecular flexibility index (Phi) is 4.79. The van der Waals surface area contributed by atoms with Crippen molar-refractivity contribution in [2.75, 3.05) is 5.73 Å². The first-order valence-corrected chi connectivity index (χ1v) is 11.4. The van der Waals surface area contributed by atoms with Crippen LogP contribution in [0.25, 0.3) is 39.5 Å². The maximum Gasteiger partial charge on any atom is 0.165 e. The molecule has 8 heteroatoms. The Morgan fingerprint density at radius 2 is 1.74 bits per heavy atom. The molecule has 174 valence electrons. The van der Waals surface area contributed by atoms with Crippen molar-refractivity contribution in [3.05, 3.63) is 84.3 Å². The first-order valence-electron chi connectivity index (χ1n) is 11.4. The Morgan fingerprint density at radius 3 is 2.46 bits per heavy atom. The van der Waals surface area contributed by atoms with E-state index in [1.54, 1.807) is 24.4 Å². The molecule has 1 aliphatic rings. The minimum absolute atomic E-state index is 0.0390. The fourth-order valence-corrected chi connectivity index (χ4v) is 4.64. The van der Waals surface area contributed by atoms with Crippen molar-refractivity contribution < 1.29 is 9.50 Å². The Bertz CT molecular complexity index is 1570. The van der Waals surface area contributed by atoms with E-state index < -0.39 is 5.82 Å². The third-order valence-corrected chi connectivity index (χ3v) is 6.76. The van der Waals surface area contributed by atoms with Crippen LogP contribution in [0, 0.1) is 5.82 Å². The zero-order chi connectivity index (χ0) is 24.2. The second-order valence-electron chi connectivity index (χ2n) is 8.97. The molecule has 0 bridgehead atoms. The van der Waals surface area contributed by atoms with Gasteiger partial charge in [0.2, 0.25) is 0 Å². The topological polar surface area (TPSA) is 116 Å². The summed E-state index contributed by atoms with van der Waals surface area (Å²) in [6.07, 6.45) is 4.70. The minimum atomic E-state index is -0.476. The van der Waals surface area contributed by atoms with Gasteiger partial charge in [0.15, 0.2) is 11.5 Å². The zero-order valence-electron chi connectivity index (χ0n) is 18.8. The van der Waals surface area contributed by atoms with E-state index in [0.29, 0.717) is 34.1 Å². The fraction of sp³-hybridized carbons (Fsp3) is 0.148. The van der Waals surface area contributed by atoms with Crippen molar-refractivity contribution in [2.45, 2.75) is 24.8 Å². The molecule has 5 aromatic rings. The number of nitrogens with two attached hydrogens (primary N) is 2. The highest BCUT2D eigenvalue weighted by Gasteiger charge is 2.34. The summed E-state index contributed by atoms with van der Waals surface area (Å²) >= 11 is 0. The largest absolute Gasteiger partial charge is 0.508 e. The highest BCUT2D eigenvalue weighted by molar-refractivity contribution is 5.84. The molecule has 0 aliphatic heterocycles. The van der Waals surface area contributed by atoms with Gasteiger partial charge < -0.3 is 16.6 Å². The number of aromatic hydroxyl groups is 1. The highest BCUT2D eigenvalue weighted by Crippen LogP contribution is 2.39. The molecular weight excluding hydrogens is 443 g/mol. The monoisotopic (exact) mass is 466 g/mol. The van der Waals surface area contributed by atoms with Crippen molar-refractivity contribution in [2.24, 2.45) is 5.73 Å². The third kappa shape index (κ3) is 3.50. The van der Waals surface area contributed by atoms with E-state index in [1.807, 2.05) is 34.9 Å². The van der Waals surface area contributed by atoms with Crippen LogP contribution in [-0.2, 0) is 5.54 Å². The molecule has 0 spiro atoms. The number of imidazole rings is 1. The maximum atomic E-state index is 14.6. The number of hydrogen-bond acceptors (Lipinski definition) is 6. The van der Waals surface area contributed by atoms with Gasteiger partial charge in [-0.25, -0.2) is 19.3 Å². The molecule has 0 amide bonds. The Balaban J connectivity index is 1.58. The number of pyridine rings is 2. The van der Waals surface area contributed by atoms with E-state index in [9.17, 15) is 9.50 Å². The summed E-state index contributed by atoms with van der Waals surface area (Å²) in [6, 6.07) is 19.1. The van der Waals surface area contributed by atoms with Gasteiger partial charge in [0, 0.05) is 23.0 Å². The first-order chi connectivity index (χ1) is 16.9. The van der Waals surface area contributed by atoms with Gasteiger partial charge in [-0.05, 0) is 79.4 Å². The van der Waals surface area contributed by atoms with Crippen molar-refractivity contribution in [3.63, 3.8) is 0 Å². The van der Waals surface area contributed by atoms with E-state index in [4.69, 9.17) is 21.4 Å². The van der Waals surface area contributed by atoms with Gasteiger partial charge in [-0.2, -0.15) is 0 Å².